The lowest BCUT2D eigenvalue weighted by atomic mass is 9.33. The third kappa shape index (κ3) is 6.28. The maximum absolute atomic E-state index is 2.59. The van der Waals surface area contributed by atoms with Crippen LogP contribution in [-0.4, -0.2) is 11.3 Å². The molecule has 2 aliphatic rings. The lowest BCUT2D eigenvalue weighted by Gasteiger charge is -2.45. The van der Waals surface area contributed by atoms with Gasteiger partial charge in [-0.15, -0.1) is 0 Å². The van der Waals surface area contributed by atoms with Crippen LogP contribution in [0, 0.1) is 0 Å². The number of hydrogen-bond donors (Lipinski definition) is 0. The van der Waals surface area contributed by atoms with Gasteiger partial charge in [0.15, 0.2) is 0 Å². The third-order valence-corrected chi connectivity index (χ3v) is 12.6. The average molecular weight is 760 g/mol. The number of benzene rings is 6. The first-order valence-corrected chi connectivity index (χ1v) is 21.1. The van der Waals surface area contributed by atoms with Crippen molar-refractivity contribution in [3.63, 3.8) is 0 Å². The van der Waals surface area contributed by atoms with Crippen molar-refractivity contribution >= 4 is 68.1 Å². The predicted molar refractivity (Wildman–Crippen MR) is 252 cm³/mol. The van der Waals surface area contributed by atoms with Gasteiger partial charge in [-0.3, -0.25) is 0 Å². The van der Waals surface area contributed by atoms with E-state index in [0.717, 1.165) is 5.69 Å². The van der Waals surface area contributed by atoms with Gasteiger partial charge in [-0.25, -0.2) is 0 Å². The lowest BCUT2D eigenvalue weighted by Crippen LogP contribution is -2.61. The maximum Gasteiger partial charge on any atom is 0.252 e. The Morgan fingerprint density at radius 1 is 0.379 bits per heavy atom. The Morgan fingerprint density at radius 3 is 1.21 bits per heavy atom. The standard InChI is InChI=1S/C54H58BN3/c1-51(2,3)36-27-37(52(4,5)6)30-41(29-36)57-46-23-17-14-20-43(46)55-44-21-15-18-24-47(44)58(42-31-38(53(7,8)9)28-39(32-42)54(10,11)12)49-34-40(33-48(57)50(49)55)56-26-25-35-19-13-16-22-45(35)56/h13-34H,1-12H3. The predicted octanol–water partition coefficient (Wildman–Crippen LogP) is 12.9. The molecule has 3 nitrogen and oxygen atoms in total. The van der Waals surface area contributed by atoms with Gasteiger partial charge in [0.05, 0.1) is 5.52 Å². The molecule has 0 spiro atoms. The monoisotopic (exact) mass is 759 g/mol. The zero-order valence-electron chi connectivity index (χ0n) is 36.6. The average Bonchev–Trinajstić information content (AvgIpc) is 3.60. The first kappa shape index (κ1) is 38.1. The molecule has 0 amide bonds. The first-order chi connectivity index (χ1) is 27.3. The summed E-state index contributed by atoms with van der Waals surface area (Å²) in [4.78, 5) is 5.17. The maximum atomic E-state index is 2.59. The number of para-hydroxylation sites is 3. The molecule has 6 aromatic carbocycles. The van der Waals surface area contributed by atoms with Crippen LogP contribution in [0.5, 0.6) is 0 Å². The largest absolute Gasteiger partial charge is 0.316 e. The summed E-state index contributed by atoms with van der Waals surface area (Å²) in [5.41, 5.74) is 18.9. The minimum atomic E-state index is -0.0300. The highest BCUT2D eigenvalue weighted by atomic mass is 15.2. The molecule has 2 aliphatic heterocycles. The Kier molecular flexibility index (Phi) is 8.54. The fourth-order valence-corrected chi connectivity index (χ4v) is 9.10. The van der Waals surface area contributed by atoms with Crippen LogP contribution in [0.4, 0.5) is 34.1 Å². The summed E-state index contributed by atoms with van der Waals surface area (Å²) in [6.45, 7) is 28.1. The highest BCUT2D eigenvalue weighted by Crippen LogP contribution is 2.48. The number of rotatable bonds is 3. The van der Waals surface area contributed by atoms with Crippen molar-refractivity contribution in [1.82, 2.24) is 4.57 Å². The second kappa shape index (κ2) is 13.0. The number of anilines is 6. The van der Waals surface area contributed by atoms with E-state index >= 15 is 0 Å². The molecule has 0 fully saturated rings. The van der Waals surface area contributed by atoms with Gasteiger partial charge in [0, 0.05) is 46.0 Å². The second-order valence-corrected chi connectivity index (χ2v) is 20.9. The van der Waals surface area contributed by atoms with Crippen LogP contribution in [0.25, 0.3) is 16.6 Å². The molecule has 0 unspecified atom stereocenters. The number of fused-ring (bicyclic) bond motifs is 5. The van der Waals surface area contributed by atoms with E-state index in [1.807, 2.05) is 0 Å². The van der Waals surface area contributed by atoms with Gasteiger partial charge in [0.2, 0.25) is 0 Å². The van der Waals surface area contributed by atoms with Crippen molar-refractivity contribution < 1.29 is 0 Å². The smallest absolute Gasteiger partial charge is 0.252 e. The normalized spacial score (nSPS) is 14.1. The van der Waals surface area contributed by atoms with Crippen LogP contribution in [0.15, 0.2) is 134 Å². The molecule has 0 saturated heterocycles. The topological polar surface area (TPSA) is 11.4 Å². The zero-order chi connectivity index (χ0) is 41.1. The Morgan fingerprint density at radius 2 is 0.776 bits per heavy atom. The van der Waals surface area contributed by atoms with Crippen molar-refractivity contribution in [1.29, 1.82) is 0 Å². The summed E-state index contributed by atoms with van der Waals surface area (Å²) >= 11 is 0. The fraction of sp³-hybridized carbons (Fsp3) is 0.296. The summed E-state index contributed by atoms with van der Waals surface area (Å²) in [5, 5.41) is 1.23. The van der Waals surface area contributed by atoms with Crippen LogP contribution in [-0.2, 0) is 21.7 Å². The SMILES string of the molecule is CC(C)(C)c1cc(N2c3ccccc3B3c4ccccc4N(c4cc(C(C)(C)C)cc(C(C)(C)C)c4)c4cc(-n5ccc6ccccc65)cc2c43)cc(C(C)(C)C)c1. The van der Waals surface area contributed by atoms with E-state index in [4.69, 9.17) is 0 Å². The van der Waals surface area contributed by atoms with Gasteiger partial charge in [0.25, 0.3) is 6.71 Å². The van der Waals surface area contributed by atoms with Gasteiger partial charge < -0.3 is 14.4 Å². The highest BCUT2D eigenvalue weighted by Gasteiger charge is 2.44. The molecule has 0 radical (unpaired) electrons. The molecule has 292 valence electrons. The Labute approximate surface area is 347 Å². The number of nitrogens with zero attached hydrogens (tertiary/aromatic N) is 3. The van der Waals surface area contributed by atoms with Gasteiger partial charge in [0.1, 0.15) is 0 Å². The zero-order valence-corrected chi connectivity index (χ0v) is 36.6. The second-order valence-electron chi connectivity index (χ2n) is 20.9. The molecule has 9 rings (SSSR count). The molecule has 0 atom stereocenters. The van der Waals surface area contributed by atoms with Crippen LogP contribution < -0.4 is 26.2 Å². The molecule has 3 heterocycles. The summed E-state index contributed by atoms with van der Waals surface area (Å²) in [5.74, 6) is 0. The summed E-state index contributed by atoms with van der Waals surface area (Å²) < 4.78 is 2.39. The Bertz CT molecular complexity index is 2530. The van der Waals surface area contributed by atoms with Gasteiger partial charge in [-0.1, -0.05) is 150 Å². The van der Waals surface area contributed by atoms with Gasteiger partial charge >= 0.3 is 0 Å². The molecule has 0 aliphatic carbocycles. The molecule has 0 saturated carbocycles. The van der Waals surface area contributed by atoms with E-state index in [1.165, 1.54) is 83.7 Å². The molecular formula is C54H58BN3. The quantitative estimate of drug-likeness (QED) is 0.166. The minimum Gasteiger partial charge on any atom is -0.316 e. The van der Waals surface area contributed by atoms with E-state index in [0.29, 0.717) is 0 Å². The van der Waals surface area contributed by atoms with Crippen molar-refractivity contribution in [2.24, 2.45) is 0 Å². The molecule has 0 N–H and O–H groups in total. The Hall–Kier alpha value is -5.48. The van der Waals surface area contributed by atoms with E-state index in [2.05, 4.69) is 231 Å². The van der Waals surface area contributed by atoms with Crippen molar-refractivity contribution in [2.45, 2.75) is 105 Å². The number of aromatic nitrogens is 1. The van der Waals surface area contributed by atoms with Crippen LogP contribution in [0.2, 0.25) is 0 Å². The fourth-order valence-electron chi connectivity index (χ4n) is 9.10. The number of hydrogen-bond acceptors (Lipinski definition) is 2. The molecule has 7 aromatic rings. The molecule has 4 heteroatoms. The van der Waals surface area contributed by atoms with Crippen molar-refractivity contribution in [2.75, 3.05) is 9.80 Å². The first-order valence-electron chi connectivity index (χ1n) is 21.1. The summed E-state index contributed by atoms with van der Waals surface area (Å²) in [6.07, 6.45) is 2.24. The lowest BCUT2D eigenvalue weighted by molar-refractivity contribution is 0.568. The van der Waals surface area contributed by atoms with Crippen LogP contribution >= 0.6 is 0 Å². The summed E-state index contributed by atoms with van der Waals surface area (Å²) in [7, 11) is 0. The van der Waals surface area contributed by atoms with Crippen LogP contribution in [0.1, 0.15) is 105 Å². The van der Waals surface area contributed by atoms with Gasteiger partial charge in [-0.05, 0) is 126 Å². The van der Waals surface area contributed by atoms with Crippen molar-refractivity contribution in [3.05, 3.63) is 156 Å². The molecule has 58 heavy (non-hydrogen) atoms. The van der Waals surface area contributed by atoms with Gasteiger partial charge in [-0.2, -0.15) is 0 Å². The van der Waals surface area contributed by atoms with E-state index in [1.54, 1.807) is 0 Å². The summed E-state index contributed by atoms with van der Waals surface area (Å²) in [6, 6.07) is 48.9. The van der Waals surface area contributed by atoms with Crippen LogP contribution in [0.3, 0.4) is 0 Å². The molecule has 1 aromatic heterocycles. The van der Waals surface area contributed by atoms with E-state index < -0.39 is 0 Å². The molecular weight excluding hydrogens is 701 g/mol. The third-order valence-electron chi connectivity index (χ3n) is 12.6. The van der Waals surface area contributed by atoms with E-state index in [9.17, 15) is 0 Å². The minimum absolute atomic E-state index is 0.0300. The van der Waals surface area contributed by atoms with E-state index in [-0.39, 0.29) is 28.4 Å². The molecule has 0 bridgehead atoms. The highest BCUT2D eigenvalue weighted by molar-refractivity contribution is 7.00. The van der Waals surface area contributed by atoms with Crippen molar-refractivity contribution in [3.8, 4) is 5.69 Å². The Balaban J connectivity index is 1.43.